The van der Waals surface area contributed by atoms with E-state index in [1.165, 1.54) is 22.0 Å². The van der Waals surface area contributed by atoms with Gasteiger partial charge >= 0.3 is 0 Å². The lowest BCUT2D eigenvalue weighted by Gasteiger charge is -2.13. The zero-order valence-corrected chi connectivity index (χ0v) is 18.1. The maximum absolute atomic E-state index is 12.2. The highest BCUT2D eigenvalue weighted by Crippen LogP contribution is 2.26. The maximum Gasteiger partial charge on any atom is 0.261 e. The zero-order chi connectivity index (χ0) is 21.8. The number of hydrogen-bond donors (Lipinski definition) is 1. The molecule has 0 fully saturated rings. The predicted molar refractivity (Wildman–Crippen MR) is 119 cm³/mol. The lowest BCUT2D eigenvalue weighted by molar-refractivity contribution is 0.0954. The molecule has 1 amide bonds. The van der Waals surface area contributed by atoms with Crippen LogP contribution in [0.25, 0.3) is 11.4 Å². The monoisotopic (exact) mass is 455 g/mol. The van der Waals surface area contributed by atoms with Crippen molar-refractivity contribution in [3.05, 3.63) is 86.2 Å². The molecular weight excluding hydrogens is 438 g/mol. The smallest absolute Gasteiger partial charge is 0.261 e. The third-order valence-electron chi connectivity index (χ3n) is 4.36. The minimum absolute atomic E-state index is 0.136. The second-order valence-corrected chi connectivity index (χ2v) is 8.15. The molecule has 0 radical (unpaired) electrons. The molecule has 0 aliphatic rings. The molecule has 31 heavy (non-hydrogen) atoms. The minimum Gasteiger partial charge on any atom is -0.492 e. The Morgan fingerprint density at radius 1 is 1.23 bits per heavy atom. The first-order valence-corrected chi connectivity index (χ1v) is 10.6. The average Bonchev–Trinajstić information content (AvgIpc) is 3.42. The lowest BCUT2D eigenvalue weighted by Crippen LogP contribution is -2.21. The molecular formula is C21H18ClN5O3S. The number of rotatable bonds is 7. The molecule has 3 heterocycles. The van der Waals surface area contributed by atoms with E-state index in [1.54, 1.807) is 47.4 Å². The number of halogens is 1. The average molecular weight is 456 g/mol. The minimum atomic E-state index is -0.223. The van der Waals surface area contributed by atoms with Crippen LogP contribution in [0.4, 0.5) is 0 Å². The van der Waals surface area contributed by atoms with Gasteiger partial charge in [0.25, 0.3) is 11.5 Å². The van der Waals surface area contributed by atoms with Gasteiger partial charge in [0.05, 0.1) is 34.2 Å². The van der Waals surface area contributed by atoms with Crippen LogP contribution in [0.15, 0.2) is 65.7 Å². The number of amides is 1. The molecule has 3 aromatic heterocycles. The molecule has 0 unspecified atom stereocenters. The van der Waals surface area contributed by atoms with Crippen LogP contribution in [0.2, 0.25) is 4.34 Å². The quantitative estimate of drug-likeness (QED) is 0.461. The number of carbonyl (C=O) groups is 1. The molecule has 0 saturated carbocycles. The third-order valence-corrected chi connectivity index (χ3v) is 5.59. The molecule has 158 valence electrons. The van der Waals surface area contributed by atoms with Crippen molar-refractivity contribution in [2.45, 2.75) is 13.5 Å². The van der Waals surface area contributed by atoms with E-state index in [1.807, 2.05) is 19.1 Å². The van der Waals surface area contributed by atoms with E-state index in [4.69, 9.17) is 16.3 Å². The van der Waals surface area contributed by atoms with Crippen molar-refractivity contribution >= 4 is 28.8 Å². The molecule has 8 nitrogen and oxygen atoms in total. The van der Waals surface area contributed by atoms with E-state index in [2.05, 4.69) is 15.6 Å². The predicted octanol–water partition coefficient (Wildman–Crippen LogP) is 3.46. The van der Waals surface area contributed by atoms with Crippen LogP contribution >= 0.6 is 22.9 Å². The van der Waals surface area contributed by atoms with Crippen LogP contribution < -0.4 is 15.6 Å². The normalized spacial score (nSPS) is 10.8. The number of hydrogen-bond acceptors (Lipinski definition) is 6. The molecule has 4 rings (SSSR count). The lowest BCUT2D eigenvalue weighted by atomic mass is 10.2. The summed E-state index contributed by atoms with van der Waals surface area (Å²) in [5, 5.41) is 11.1. The van der Waals surface area contributed by atoms with E-state index < -0.39 is 0 Å². The van der Waals surface area contributed by atoms with Crippen LogP contribution in [0, 0.1) is 0 Å². The standard InChI is InChI=1S/C21H18ClN5O3S/c1-2-30-17-11-15(26-10-4-3-5-20(26)28)6-7-16(17)27-13-14(24-25-27)12-23-21(29)18-8-9-19(22)31-18/h3-11,13H,2,12H2,1H3,(H,23,29). The first kappa shape index (κ1) is 20.8. The van der Waals surface area contributed by atoms with Gasteiger partial charge in [0.2, 0.25) is 0 Å². The van der Waals surface area contributed by atoms with E-state index >= 15 is 0 Å². The molecule has 4 aromatic rings. The summed E-state index contributed by atoms with van der Waals surface area (Å²) in [4.78, 5) is 24.8. The molecule has 0 atom stereocenters. The number of carbonyl (C=O) groups excluding carboxylic acids is 1. The van der Waals surface area contributed by atoms with Gasteiger partial charge in [0.15, 0.2) is 0 Å². The van der Waals surface area contributed by atoms with Crippen molar-refractivity contribution in [1.82, 2.24) is 24.9 Å². The second kappa shape index (κ2) is 9.15. The van der Waals surface area contributed by atoms with Crippen LogP contribution in [-0.2, 0) is 6.54 Å². The Bertz CT molecular complexity index is 1280. The van der Waals surface area contributed by atoms with Gasteiger partial charge in [-0.3, -0.25) is 14.2 Å². The number of pyridine rings is 1. The van der Waals surface area contributed by atoms with Gasteiger partial charge in [0.1, 0.15) is 17.1 Å². The number of nitrogens with one attached hydrogen (secondary N) is 1. The summed E-state index contributed by atoms with van der Waals surface area (Å²) >= 11 is 7.09. The summed E-state index contributed by atoms with van der Waals surface area (Å²) in [5.41, 5.74) is 1.80. The van der Waals surface area contributed by atoms with Crippen molar-refractivity contribution in [2.75, 3.05) is 6.61 Å². The number of thiophene rings is 1. The number of aromatic nitrogens is 4. The summed E-state index contributed by atoms with van der Waals surface area (Å²) in [7, 11) is 0. The Hall–Kier alpha value is -3.43. The van der Waals surface area contributed by atoms with E-state index in [-0.39, 0.29) is 18.0 Å². The Labute approximate surface area is 186 Å². The fraction of sp³-hybridized carbons (Fsp3) is 0.143. The Morgan fingerprint density at radius 3 is 2.84 bits per heavy atom. The van der Waals surface area contributed by atoms with Gasteiger partial charge in [-0.05, 0) is 37.3 Å². The van der Waals surface area contributed by atoms with Crippen LogP contribution in [0.3, 0.4) is 0 Å². The van der Waals surface area contributed by atoms with Crippen molar-refractivity contribution in [3.63, 3.8) is 0 Å². The fourth-order valence-corrected chi connectivity index (χ4v) is 3.90. The Balaban J connectivity index is 1.55. The molecule has 0 bridgehead atoms. The van der Waals surface area contributed by atoms with Gasteiger partial charge < -0.3 is 10.1 Å². The first-order chi connectivity index (χ1) is 15.0. The highest BCUT2D eigenvalue weighted by Gasteiger charge is 2.13. The molecule has 1 N–H and O–H groups in total. The Morgan fingerprint density at radius 2 is 2.10 bits per heavy atom. The van der Waals surface area contributed by atoms with Crippen molar-refractivity contribution in [1.29, 1.82) is 0 Å². The fourth-order valence-electron chi connectivity index (χ4n) is 2.95. The number of nitrogens with zero attached hydrogens (tertiary/aromatic N) is 4. The largest absolute Gasteiger partial charge is 0.492 e. The van der Waals surface area contributed by atoms with Crippen LogP contribution in [-0.4, -0.2) is 32.1 Å². The summed E-state index contributed by atoms with van der Waals surface area (Å²) in [6, 6.07) is 13.7. The molecule has 0 spiro atoms. The summed E-state index contributed by atoms with van der Waals surface area (Å²) in [5.74, 6) is 0.337. The molecule has 10 heteroatoms. The van der Waals surface area contributed by atoms with Gasteiger partial charge in [0, 0.05) is 18.3 Å². The van der Waals surface area contributed by atoms with Crippen LogP contribution in [0.1, 0.15) is 22.3 Å². The van der Waals surface area contributed by atoms with Crippen molar-refractivity contribution in [3.8, 4) is 17.1 Å². The SMILES string of the molecule is CCOc1cc(-n2ccccc2=O)ccc1-n1cc(CNC(=O)c2ccc(Cl)s2)nn1. The highest BCUT2D eigenvalue weighted by molar-refractivity contribution is 7.17. The number of benzene rings is 1. The van der Waals surface area contributed by atoms with E-state index in [0.29, 0.717) is 38.6 Å². The second-order valence-electron chi connectivity index (χ2n) is 6.43. The topological polar surface area (TPSA) is 91.0 Å². The Kier molecular flexibility index (Phi) is 6.15. The van der Waals surface area contributed by atoms with Gasteiger partial charge in [-0.25, -0.2) is 4.68 Å². The summed E-state index contributed by atoms with van der Waals surface area (Å²) < 4.78 is 9.44. The van der Waals surface area contributed by atoms with Crippen LogP contribution in [0.5, 0.6) is 5.75 Å². The van der Waals surface area contributed by atoms with Gasteiger partial charge in [-0.1, -0.05) is 22.9 Å². The number of ether oxygens (including phenoxy) is 1. The van der Waals surface area contributed by atoms with Crippen molar-refractivity contribution in [2.24, 2.45) is 0 Å². The maximum atomic E-state index is 12.2. The summed E-state index contributed by atoms with van der Waals surface area (Å²) in [6.45, 7) is 2.54. The van der Waals surface area contributed by atoms with E-state index in [9.17, 15) is 9.59 Å². The third kappa shape index (κ3) is 4.68. The van der Waals surface area contributed by atoms with Gasteiger partial charge in [-0.15, -0.1) is 16.4 Å². The highest BCUT2D eigenvalue weighted by atomic mass is 35.5. The molecule has 0 aliphatic heterocycles. The van der Waals surface area contributed by atoms with Crippen molar-refractivity contribution < 1.29 is 9.53 Å². The summed E-state index contributed by atoms with van der Waals surface area (Å²) in [6.07, 6.45) is 3.41. The molecule has 1 aromatic carbocycles. The van der Waals surface area contributed by atoms with Gasteiger partial charge in [-0.2, -0.15) is 0 Å². The first-order valence-electron chi connectivity index (χ1n) is 9.45. The van der Waals surface area contributed by atoms with E-state index in [0.717, 1.165) is 0 Å². The zero-order valence-electron chi connectivity index (χ0n) is 16.5. The molecule has 0 aliphatic carbocycles. The molecule has 0 saturated heterocycles.